The summed E-state index contributed by atoms with van der Waals surface area (Å²) < 4.78 is 13.8. The van der Waals surface area contributed by atoms with E-state index in [1.807, 2.05) is 26.0 Å². The molecule has 0 aliphatic carbocycles. The smallest absolute Gasteiger partial charge is 0.229 e. The normalized spacial score (nSPS) is 15.9. The Bertz CT molecular complexity index is 1090. The maximum Gasteiger partial charge on any atom is 0.229 e. The molecule has 0 saturated heterocycles. The van der Waals surface area contributed by atoms with E-state index in [0.717, 1.165) is 41.3 Å². The molecule has 0 fully saturated rings. The average molecular weight is 431 g/mol. The first-order valence-electron chi connectivity index (χ1n) is 9.46. The second-order valence-electron chi connectivity index (χ2n) is 7.30. The molecular formula is C22H21Cl2FN4. The Morgan fingerprint density at radius 1 is 1.07 bits per heavy atom. The van der Waals surface area contributed by atoms with Gasteiger partial charge < -0.3 is 10.2 Å². The van der Waals surface area contributed by atoms with E-state index in [9.17, 15) is 4.39 Å². The monoisotopic (exact) mass is 430 g/mol. The highest BCUT2D eigenvalue weighted by Gasteiger charge is 2.27. The van der Waals surface area contributed by atoms with Crippen molar-refractivity contribution in [1.29, 1.82) is 0 Å². The highest BCUT2D eigenvalue weighted by molar-refractivity contribution is 6.42. The van der Waals surface area contributed by atoms with Crippen molar-refractivity contribution in [3.63, 3.8) is 0 Å². The van der Waals surface area contributed by atoms with Crippen LogP contribution in [0.25, 0.3) is 0 Å². The van der Waals surface area contributed by atoms with Gasteiger partial charge >= 0.3 is 0 Å². The van der Waals surface area contributed by atoms with Gasteiger partial charge in [0.05, 0.1) is 16.1 Å². The number of aromatic nitrogens is 2. The lowest BCUT2D eigenvalue weighted by molar-refractivity contribution is 0.589. The molecule has 1 N–H and O–H groups in total. The first-order valence-corrected chi connectivity index (χ1v) is 10.2. The fraction of sp³-hybridized carbons (Fsp3) is 0.273. The maximum absolute atomic E-state index is 13.8. The first-order chi connectivity index (χ1) is 13.8. The molecule has 1 aromatic heterocycles. The molecule has 3 aromatic rings. The van der Waals surface area contributed by atoms with E-state index in [4.69, 9.17) is 28.2 Å². The molecule has 29 heavy (non-hydrogen) atoms. The number of halogens is 3. The van der Waals surface area contributed by atoms with Crippen molar-refractivity contribution in [2.45, 2.75) is 33.2 Å². The van der Waals surface area contributed by atoms with Gasteiger partial charge in [-0.15, -0.1) is 0 Å². The van der Waals surface area contributed by atoms with Crippen molar-refractivity contribution in [2.75, 3.05) is 16.8 Å². The van der Waals surface area contributed by atoms with Crippen LogP contribution in [0.1, 0.15) is 35.3 Å². The zero-order valence-electron chi connectivity index (χ0n) is 16.4. The molecule has 150 valence electrons. The summed E-state index contributed by atoms with van der Waals surface area (Å²) >= 11 is 12.1. The molecule has 0 radical (unpaired) electrons. The van der Waals surface area contributed by atoms with Gasteiger partial charge in [-0.05, 0) is 68.7 Å². The molecule has 1 atom stereocenters. The molecule has 1 unspecified atom stereocenters. The van der Waals surface area contributed by atoms with Gasteiger partial charge in [-0.3, -0.25) is 0 Å². The lowest BCUT2D eigenvalue weighted by Crippen LogP contribution is -2.35. The summed E-state index contributed by atoms with van der Waals surface area (Å²) in [5.74, 6) is 1.12. The standard InChI is InChI=1S/C22H21Cl2FN4/c1-12-13(2)26-22(27-17-6-7-19(23)20(24)11-17)28-21(12)29-9-8-15-4-5-16(25)10-18(15)14(29)3/h4-7,10-11,14H,8-9H2,1-3H3,(H,26,27,28). The van der Waals surface area contributed by atoms with Crippen LogP contribution >= 0.6 is 23.2 Å². The zero-order valence-corrected chi connectivity index (χ0v) is 17.9. The van der Waals surface area contributed by atoms with Gasteiger partial charge in [-0.1, -0.05) is 29.3 Å². The van der Waals surface area contributed by atoms with E-state index in [1.165, 1.54) is 11.6 Å². The van der Waals surface area contributed by atoms with Crippen molar-refractivity contribution in [2.24, 2.45) is 0 Å². The molecule has 2 heterocycles. The van der Waals surface area contributed by atoms with Crippen molar-refractivity contribution < 1.29 is 4.39 Å². The van der Waals surface area contributed by atoms with Gasteiger partial charge in [0.15, 0.2) is 0 Å². The van der Waals surface area contributed by atoms with E-state index < -0.39 is 0 Å². The molecule has 4 nitrogen and oxygen atoms in total. The second-order valence-corrected chi connectivity index (χ2v) is 8.11. The molecule has 4 rings (SSSR count). The van der Waals surface area contributed by atoms with Crippen LogP contribution in [0.4, 0.5) is 21.8 Å². The topological polar surface area (TPSA) is 41.1 Å². The highest BCUT2D eigenvalue weighted by atomic mass is 35.5. The molecule has 0 spiro atoms. The lowest BCUT2D eigenvalue weighted by Gasteiger charge is -2.37. The molecular weight excluding hydrogens is 410 g/mol. The number of anilines is 3. The number of aryl methyl sites for hydroxylation is 1. The predicted octanol–water partition coefficient (Wildman–Crippen LogP) is 6.41. The Balaban J connectivity index is 1.69. The van der Waals surface area contributed by atoms with Crippen LogP contribution in [0.2, 0.25) is 10.0 Å². The van der Waals surface area contributed by atoms with E-state index in [-0.39, 0.29) is 11.9 Å². The third kappa shape index (κ3) is 3.89. The third-order valence-corrected chi connectivity index (χ3v) is 6.20. The zero-order chi connectivity index (χ0) is 20.7. The Kier molecular flexibility index (Phi) is 5.36. The van der Waals surface area contributed by atoms with E-state index in [2.05, 4.69) is 22.1 Å². The summed E-state index contributed by atoms with van der Waals surface area (Å²) in [5.41, 5.74) is 4.84. The van der Waals surface area contributed by atoms with Gasteiger partial charge in [0.1, 0.15) is 11.6 Å². The Morgan fingerprint density at radius 3 is 2.62 bits per heavy atom. The summed E-state index contributed by atoms with van der Waals surface area (Å²) in [5, 5.41) is 4.17. The number of nitrogens with one attached hydrogen (secondary N) is 1. The first kappa shape index (κ1) is 19.9. The number of hydrogen-bond donors (Lipinski definition) is 1. The van der Waals surface area contributed by atoms with Crippen molar-refractivity contribution in [3.8, 4) is 0 Å². The van der Waals surface area contributed by atoms with Gasteiger partial charge in [-0.2, -0.15) is 4.98 Å². The Morgan fingerprint density at radius 2 is 1.86 bits per heavy atom. The molecule has 0 saturated carbocycles. The fourth-order valence-corrected chi connectivity index (χ4v) is 4.02. The minimum atomic E-state index is -0.213. The quantitative estimate of drug-likeness (QED) is 0.521. The van der Waals surface area contributed by atoms with Crippen LogP contribution in [-0.4, -0.2) is 16.5 Å². The summed E-state index contributed by atoms with van der Waals surface area (Å²) in [6.45, 7) is 6.87. The van der Waals surface area contributed by atoms with Crippen LogP contribution < -0.4 is 10.2 Å². The van der Waals surface area contributed by atoms with Crippen LogP contribution in [0, 0.1) is 19.7 Å². The summed E-state index contributed by atoms with van der Waals surface area (Å²) in [7, 11) is 0. The van der Waals surface area contributed by atoms with Gasteiger partial charge in [-0.25, -0.2) is 9.37 Å². The number of hydrogen-bond acceptors (Lipinski definition) is 4. The summed E-state index contributed by atoms with van der Waals surface area (Å²) in [6.07, 6.45) is 0.845. The number of fused-ring (bicyclic) bond motifs is 1. The molecule has 0 bridgehead atoms. The SMILES string of the molecule is Cc1nc(Nc2ccc(Cl)c(Cl)c2)nc(N2CCc3ccc(F)cc3C2C)c1C. The van der Waals surface area contributed by atoms with Crippen LogP contribution in [0.5, 0.6) is 0 Å². The fourth-order valence-electron chi connectivity index (χ4n) is 3.73. The van der Waals surface area contributed by atoms with Crippen molar-refractivity contribution in [3.05, 3.63) is 74.6 Å². The molecule has 0 amide bonds. The van der Waals surface area contributed by atoms with E-state index >= 15 is 0 Å². The maximum atomic E-state index is 13.8. The highest BCUT2D eigenvalue weighted by Crippen LogP contribution is 2.36. The lowest BCUT2D eigenvalue weighted by atomic mass is 9.93. The summed E-state index contributed by atoms with van der Waals surface area (Å²) in [6, 6.07) is 10.4. The Hall–Kier alpha value is -2.37. The van der Waals surface area contributed by atoms with Gasteiger partial charge in [0.2, 0.25) is 5.95 Å². The average Bonchev–Trinajstić information content (AvgIpc) is 2.68. The number of nitrogens with zero attached hydrogens (tertiary/aromatic N) is 3. The number of benzene rings is 2. The molecule has 7 heteroatoms. The van der Waals surface area contributed by atoms with Crippen molar-refractivity contribution >= 4 is 40.7 Å². The Labute approximate surface area is 179 Å². The van der Waals surface area contributed by atoms with Crippen LogP contribution in [0.15, 0.2) is 36.4 Å². The van der Waals surface area contributed by atoms with Crippen LogP contribution in [-0.2, 0) is 6.42 Å². The summed E-state index contributed by atoms with van der Waals surface area (Å²) in [4.78, 5) is 11.6. The van der Waals surface area contributed by atoms with Gasteiger partial charge in [0.25, 0.3) is 0 Å². The predicted molar refractivity (Wildman–Crippen MR) is 117 cm³/mol. The molecule has 1 aliphatic rings. The van der Waals surface area contributed by atoms with Crippen LogP contribution in [0.3, 0.4) is 0 Å². The minimum Gasteiger partial charge on any atom is -0.349 e. The largest absolute Gasteiger partial charge is 0.349 e. The van der Waals surface area contributed by atoms with Crippen molar-refractivity contribution in [1.82, 2.24) is 9.97 Å². The molecule has 2 aromatic carbocycles. The molecule has 1 aliphatic heterocycles. The van der Waals surface area contributed by atoms with E-state index in [1.54, 1.807) is 18.2 Å². The van der Waals surface area contributed by atoms with Gasteiger partial charge in [0, 0.05) is 23.5 Å². The number of rotatable bonds is 3. The third-order valence-electron chi connectivity index (χ3n) is 5.46. The minimum absolute atomic E-state index is 0.0141. The van der Waals surface area contributed by atoms with E-state index in [0.29, 0.717) is 16.0 Å². The second kappa shape index (κ2) is 7.81.